The van der Waals surface area contributed by atoms with Crippen molar-refractivity contribution in [3.05, 3.63) is 35.6 Å². The Morgan fingerprint density at radius 3 is 2.81 bits per heavy atom. The molecular weight excluding hydrogens is 200 g/mol. The Balaban J connectivity index is 2.02. The topological polar surface area (TPSA) is 30.2 Å². The van der Waals surface area contributed by atoms with E-state index in [2.05, 4.69) is 6.92 Å². The van der Waals surface area contributed by atoms with Crippen LogP contribution in [0.1, 0.15) is 29.5 Å². The molecule has 0 N–H and O–H groups in total. The number of fused-ring (bicyclic) bond motifs is 1. The minimum absolute atomic E-state index is 0.168. The van der Waals surface area contributed by atoms with Gasteiger partial charge in [0.15, 0.2) is 5.76 Å². The van der Waals surface area contributed by atoms with Gasteiger partial charge in [0, 0.05) is 11.3 Å². The second kappa shape index (κ2) is 3.21. The Bertz CT molecular complexity index is 565. The SMILES string of the molecule is Cc1ccc2oc(C(=O)C3CC3C)cc2c1. The fourth-order valence-electron chi connectivity index (χ4n) is 2.15. The molecule has 0 radical (unpaired) electrons. The van der Waals surface area contributed by atoms with Crippen LogP contribution in [-0.4, -0.2) is 5.78 Å². The molecule has 0 saturated heterocycles. The Kier molecular flexibility index (Phi) is 1.93. The first kappa shape index (κ1) is 9.64. The van der Waals surface area contributed by atoms with Crippen LogP contribution in [0.5, 0.6) is 0 Å². The molecule has 0 bridgehead atoms. The number of aryl methyl sites for hydroxylation is 1. The van der Waals surface area contributed by atoms with E-state index in [0.29, 0.717) is 11.7 Å². The molecule has 0 spiro atoms. The number of carbonyl (C=O) groups is 1. The zero-order valence-corrected chi connectivity index (χ0v) is 9.49. The number of rotatable bonds is 2. The average Bonchev–Trinajstić information content (AvgIpc) is 2.83. The van der Waals surface area contributed by atoms with Gasteiger partial charge in [0.25, 0.3) is 0 Å². The van der Waals surface area contributed by atoms with Crippen LogP contribution < -0.4 is 0 Å². The van der Waals surface area contributed by atoms with Gasteiger partial charge in [0.05, 0.1) is 0 Å². The normalized spacial score (nSPS) is 23.6. The van der Waals surface area contributed by atoms with Gasteiger partial charge in [-0.05, 0) is 37.5 Å². The van der Waals surface area contributed by atoms with Crippen LogP contribution in [0.25, 0.3) is 11.0 Å². The molecule has 1 aliphatic carbocycles. The zero-order valence-electron chi connectivity index (χ0n) is 9.49. The van der Waals surface area contributed by atoms with Crippen LogP contribution in [0.4, 0.5) is 0 Å². The average molecular weight is 214 g/mol. The van der Waals surface area contributed by atoms with Gasteiger partial charge >= 0.3 is 0 Å². The van der Waals surface area contributed by atoms with Gasteiger partial charge < -0.3 is 4.42 Å². The number of Topliss-reactive ketones (excluding diaryl/α,β-unsaturated/α-hetero) is 1. The molecule has 1 heterocycles. The zero-order chi connectivity index (χ0) is 11.3. The monoisotopic (exact) mass is 214 g/mol. The summed E-state index contributed by atoms with van der Waals surface area (Å²) < 4.78 is 5.58. The first-order valence-electron chi connectivity index (χ1n) is 5.69. The maximum Gasteiger partial charge on any atom is 0.201 e. The van der Waals surface area contributed by atoms with Crippen LogP contribution in [0.3, 0.4) is 0 Å². The summed E-state index contributed by atoms with van der Waals surface area (Å²) in [5.74, 6) is 1.42. The van der Waals surface area contributed by atoms with Gasteiger partial charge in [-0.1, -0.05) is 18.6 Å². The molecule has 1 saturated carbocycles. The van der Waals surface area contributed by atoms with Crippen LogP contribution >= 0.6 is 0 Å². The van der Waals surface area contributed by atoms with E-state index >= 15 is 0 Å². The van der Waals surface area contributed by atoms with Crippen molar-refractivity contribution >= 4 is 16.8 Å². The number of benzene rings is 1. The Labute approximate surface area is 94.3 Å². The largest absolute Gasteiger partial charge is 0.453 e. The lowest BCUT2D eigenvalue weighted by atomic mass is 10.1. The molecular formula is C14H14O2. The Morgan fingerprint density at radius 2 is 2.12 bits per heavy atom. The molecule has 82 valence electrons. The first-order chi connectivity index (χ1) is 7.65. The second-order valence-corrected chi connectivity index (χ2v) is 4.84. The van der Waals surface area contributed by atoms with Gasteiger partial charge in [0.1, 0.15) is 5.58 Å². The number of hydrogen-bond acceptors (Lipinski definition) is 2. The van der Waals surface area contributed by atoms with Crippen LogP contribution in [0.15, 0.2) is 28.7 Å². The Morgan fingerprint density at radius 1 is 1.38 bits per heavy atom. The van der Waals surface area contributed by atoms with Crippen LogP contribution in [0.2, 0.25) is 0 Å². The molecule has 0 aliphatic heterocycles. The summed E-state index contributed by atoms with van der Waals surface area (Å²) in [7, 11) is 0. The number of furan rings is 1. The van der Waals surface area contributed by atoms with Crippen molar-refractivity contribution < 1.29 is 9.21 Å². The second-order valence-electron chi connectivity index (χ2n) is 4.84. The summed E-state index contributed by atoms with van der Waals surface area (Å²) in [5.41, 5.74) is 1.99. The molecule has 2 nitrogen and oxygen atoms in total. The predicted octanol–water partition coefficient (Wildman–Crippen LogP) is 3.58. The Hall–Kier alpha value is -1.57. The fraction of sp³-hybridized carbons (Fsp3) is 0.357. The standard InChI is InChI=1S/C14H14O2/c1-8-3-4-12-10(5-8)7-13(16-12)14(15)11-6-9(11)2/h3-5,7,9,11H,6H2,1-2H3. The van der Waals surface area contributed by atoms with Crippen molar-refractivity contribution in [2.75, 3.05) is 0 Å². The van der Waals surface area contributed by atoms with E-state index in [1.54, 1.807) is 0 Å². The lowest BCUT2D eigenvalue weighted by molar-refractivity contribution is 0.0937. The summed E-state index contributed by atoms with van der Waals surface area (Å²) >= 11 is 0. The lowest BCUT2D eigenvalue weighted by Gasteiger charge is -1.91. The van der Waals surface area contributed by atoms with E-state index in [1.807, 2.05) is 31.2 Å². The first-order valence-corrected chi connectivity index (χ1v) is 5.69. The predicted molar refractivity (Wildman–Crippen MR) is 62.6 cm³/mol. The van der Waals surface area contributed by atoms with Crippen molar-refractivity contribution in [2.24, 2.45) is 11.8 Å². The molecule has 2 atom stereocenters. The molecule has 1 aliphatic rings. The fourth-order valence-corrected chi connectivity index (χ4v) is 2.15. The number of ketones is 1. The maximum atomic E-state index is 12.0. The summed E-state index contributed by atoms with van der Waals surface area (Å²) in [6.07, 6.45) is 1.01. The van der Waals surface area contributed by atoms with Gasteiger partial charge in [-0.25, -0.2) is 0 Å². The van der Waals surface area contributed by atoms with Gasteiger partial charge in [-0.15, -0.1) is 0 Å². The molecule has 3 rings (SSSR count). The van der Waals surface area contributed by atoms with Crippen LogP contribution in [0, 0.1) is 18.8 Å². The van der Waals surface area contributed by atoms with Crippen LogP contribution in [-0.2, 0) is 0 Å². The van der Waals surface area contributed by atoms with E-state index in [-0.39, 0.29) is 11.7 Å². The highest BCUT2D eigenvalue weighted by atomic mass is 16.3. The highest BCUT2D eigenvalue weighted by Crippen LogP contribution is 2.40. The quantitative estimate of drug-likeness (QED) is 0.715. The molecule has 2 heteroatoms. The van der Waals surface area contributed by atoms with Gasteiger partial charge in [0.2, 0.25) is 5.78 Å². The summed E-state index contributed by atoms with van der Waals surface area (Å²) in [4.78, 5) is 12.0. The number of carbonyl (C=O) groups excluding carboxylic acids is 1. The van der Waals surface area contributed by atoms with Gasteiger partial charge in [-0.3, -0.25) is 4.79 Å². The molecule has 0 amide bonds. The van der Waals surface area contributed by atoms with Crippen molar-refractivity contribution in [2.45, 2.75) is 20.3 Å². The molecule has 1 fully saturated rings. The van der Waals surface area contributed by atoms with E-state index < -0.39 is 0 Å². The summed E-state index contributed by atoms with van der Waals surface area (Å²) in [6, 6.07) is 7.85. The van der Waals surface area contributed by atoms with E-state index in [1.165, 1.54) is 5.56 Å². The van der Waals surface area contributed by atoms with E-state index in [9.17, 15) is 4.79 Å². The van der Waals surface area contributed by atoms with E-state index in [4.69, 9.17) is 4.42 Å². The molecule has 1 aromatic carbocycles. The maximum absolute atomic E-state index is 12.0. The smallest absolute Gasteiger partial charge is 0.201 e. The van der Waals surface area contributed by atoms with Crippen molar-refractivity contribution in [3.63, 3.8) is 0 Å². The highest BCUT2D eigenvalue weighted by Gasteiger charge is 2.40. The third-order valence-corrected chi connectivity index (χ3v) is 3.36. The number of hydrogen-bond donors (Lipinski definition) is 0. The molecule has 1 aromatic heterocycles. The van der Waals surface area contributed by atoms with E-state index in [0.717, 1.165) is 17.4 Å². The van der Waals surface area contributed by atoms with Crippen molar-refractivity contribution in [1.82, 2.24) is 0 Å². The summed E-state index contributed by atoms with van der Waals surface area (Å²) in [6.45, 7) is 4.15. The highest BCUT2D eigenvalue weighted by molar-refractivity contribution is 6.00. The third kappa shape index (κ3) is 1.45. The lowest BCUT2D eigenvalue weighted by Crippen LogP contribution is -2.00. The van der Waals surface area contributed by atoms with Gasteiger partial charge in [-0.2, -0.15) is 0 Å². The third-order valence-electron chi connectivity index (χ3n) is 3.36. The minimum atomic E-state index is 0.168. The van der Waals surface area contributed by atoms with Crippen molar-refractivity contribution in [1.29, 1.82) is 0 Å². The minimum Gasteiger partial charge on any atom is -0.453 e. The molecule has 2 aromatic rings. The molecule has 2 unspecified atom stereocenters. The molecule has 16 heavy (non-hydrogen) atoms. The van der Waals surface area contributed by atoms with Crippen molar-refractivity contribution in [3.8, 4) is 0 Å². The summed E-state index contributed by atoms with van der Waals surface area (Å²) in [5, 5.41) is 1.02.